The third kappa shape index (κ3) is 3.35. The molecule has 0 amide bonds. The van der Waals surface area contributed by atoms with Crippen molar-refractivity contribution in [3.8, 4) is 0 Å². The molecule has 0 aliphatic carbocycles. The van der Waals surface area contributed by atoms with Crippen LogP contribution in [0, 0.1) is 6.92 Å². The minimum absolute atomic E-state index is 0.0853. The van der Waals surface area contributed by atoms with Crippen LogP contribution < -0.4 is 0 Å². The highest BCUT2D eigenvalue weighted by Gasteiger charge is 2.16. The number of nitrogens with zero attached hydrogens (tertiary/aromatic N) is 4. The second-order valence-corrected chi connectivity index (χ2v) is 5.10. The van der Waals surface area contributed by atoms with Gasteiger partial charge in [-0.05, 0) is 38.8 Å². The molecule has 5 nitrogen and oxygen atoms in total. The normalized spacial score (nSPS) is 10.9. The average Bonchev–Trinajstić information content (AvgIpc) is 2.89. The molecule has 5 heteroatoms. The first-order chi connectivity index (χ1) is 10.1. The van der Waals surface area contributed by atoms with Crippen LogP contribution in [0.25, 0.3) is 0 Å². The van der Waals surface area contributed by atoms with Gasteiger partial charge in [0.25, 0.3) is 0 Å². The molecule has 21 heavy (non-hydrogen) atoms. The Hall–Kier alpha value is -2.04. The Morgan fingerprint density at radius 1 is 1.14 bits per heavy atom. The lowest BCUT2D eigenvalue weighted by molar-refractivity contribution is 0.0989. The van der Waals surface area contributed by atoms with Gasteiger partial charge < -0.3 is 0 Å². The minimum Gasteiger partial charge on any atom is -0.294 e. The van der Waals surface area contributed by atoms with Crippen molar-refractivity contribution in [2.45, 2.75) is 53.5 Å². The summed E-state index contributed by atoms with van der Waals surface area (Å²) in [5.74, 6) is 0.0853. The van der Waals surface area contributed by atoms with Crippen molar-refractivity contribution in [2.75, 3.05) is 0 Å². The Morgan fingerprint density at radius 2 is 1.90 bits per heavy atom. The topological polar surface area (TPSA) is 60.7 Å². The maximum absolute atomic E-state index is 12.6. The molecule has 0 unspecified atom stereocenters. The molecule has 0 saturated carbocycles. The van der Waals surface area contributed by atoms with Gasteiger partial charge in [-0.15, -0.1) is 0 Å². The lowest BCUT2D eigenvalue weighted by Crippen LogP contribution is -2.13. The first-order valence-electron chi connectivity index (χ1n) is 7.51. The summed E-state index contributed by atoms with van der Waals surface area (Å²) < 4.78 is 1.91. The number of rotatable bonds is 6. The molecule has 0 aliphatic heterocycles. The summed E-state index contributed by atoms with van der Waals surface area (Å²) in [6.07, 6.45) is 1.95. The fourth-order valence-electron chi connectivity index (χ4n) is 2.38. The van der Waals surface area contributed by atoms with Gasteiger partial charge in [0, 0.05) is 17.8 Å². The fraction of sp³-hybridized carbons (Fsp3) is 0.500. The summed E-state index contributed by atoms with van der Waals surface area (Å²) in [7, 11) is 0. The van der Waals surface area contributed by atoms with Crippen LogP contribution in [-0.2, 0) is 25.8 Å². The molecule has 0 N–H and O–H groups in total. The standard InChI is InChI=1S/C16H22N4O/c1-5-12-9-13(20(7-3)19-12)10-16(21)14-8-11(4)17-18-15(14)6-2/h8-9H,5-7,10H2,1-4H3. The molecular formula is C16H22N4O. The van der Waals surface area contributed by atoms with Crippen molar-refractivity contribution < 1.29 is 4.79 Å². The number of aromatic nitrogens is 4. The van der Waals surface area contributed by atoms with E-state index in [0.717, 1.165) is 35.7 Å². The molecule has 112 valence electrons. The predicted molar refractivity (Wildman–Crippen MR) is 81.5 cm³/mol. The van der Waals surface area contributed by atoms with Gasteiger partial charge in [-0.2, -0.15) is 15.3 Å². The van der Waals surface area contributed by atoms with Crippen molar-refractivity contribution in [1.82, 2.24) is 20.0 Å². The SMILES string of the molecule is CCc1cc(CC(=O)c2cc(C)nnc2CC)n(CC)n1. The van der Waals surface area contributed by atoms with Crippen molar-refractivity contribution in [3.63, 3.8) is 0 Å². The Balaban J connectivity index is 2.29. The Labute approximate surface area is 125 Å². The summed E-state index contributed by atoms with van der Waals surface area (Å²) in [6.45, 7) is 8.72. The molecule has 0 spiro atoms. The summed E-state index contributed by atoms with van der Waals surface area (Å²) in [6, 6.07) is 3.86. The van der Waals surface area contributed by atoms with Crippen LogP contribution in [0.2, 0.25) is 0 Å². The average molecular weight is 286 g/mol. The van der Waals surface area contributed by atoms with Crippen LogP contribution in [0.15, 0.2) is 12.1 Å². The molecule has 2 heterocycles. The lowest BCUT2D eigenvalue weighted by Gasteiger charge is -2.07. The number of aryl methyl sites for hydroxylation is 4. The van der Waals surface area contributed by atoms with E-state index in [-0.39, 0.29) is 5.78 Å². The number of Topliss-reactive ketones (excluding diaryl/α,β-unsaturated/α-hetero) is 1. The first-order valence-corrected chi connectivity index (χ1v) is 7.51. The van der Waals surface area contributed by atoms with Crippen molar-refractivity contribution in [3.05, 3.63) is 40.5 Å². The van der Waals surface area contributed by atoms with E-state index in [4.69, 9.17) is 0 Å². The Bertz CT molecular complexity index is 646. The molecule has 2 aromatic heterocycles. The van der Waals surface area contributed by atoms with E-state index in [0.29, 0.717) is 18.4 Å². The third-order valence-electron chi connectivity index (χ3n) is 3.55. The maximum atomic E-state index is 12.6. The lowest BCUT2D eigenvalue weighted by atomic mass is 10.0. The van der Waals surface area contributed by atoms with Gasteiger partial charge in [-0.25, -0.2) is 0 Å². The molecule has 0 aromatic carbocycles. The van der Waals surface area contributed by atoms with E-state index >= 15 is 0 Å². The zero-order valence-corrected chi connectivity index (χ0v) is 13.2. The number of hydrogen-bond donors (Lipinski definition) is 0. The van der Waals surface area contributed by atoms with E-state index < -0.39 is 0 Å². The molecule has 0 aliphatic rings. The Kier molecular flexibility index (Phi) is 4.83. The molecule has 0 radical (unpaired) electrons. The maximum Gasteiger partial charge on any atom is 0.170 e. The Morgan fingerprint density at radius 3 is 2.52 bits per heavy atom. The van der Waals surface area contributed by atoms with Crippen molar-refractivity contribution in [2.24, 2.45) is 0 Å². The molecule has 0 atom stereocenters. The first kappa shape index (κ1) is 15.4. The monoisotopic (exact) mass is 286 g/mol. The molecule has 2 aromatic rings. The predicted octanol–water partition coefficient (Wildman–Crippen LogP) is 2.55. The highest BCUT2D eigenvalue weighted by Crippen LogP contribution is 2.14. The van der Waals surface area contributed by atoms with Crippen molar-refractivity contribution in [1.29, 1.82) is 0 Å². The largest absolute Gasteiger partial charge is 0.294 e. The van der Waals surface area contributed by atoms with Gasteiger partial charge in [-0.3, -0.25) is 9.48 Å². The van der Waals surface area contributed by atoms with E-state index in [1.54, 1.807) is 0 Å². The molecule has 2 rings (SSSR count). The van der Waals surface area contributed by atoms with Crippen LogP contribution in [0.5, 0.6) is 0 Å². The highest BCUT2D eigenvalue weighted by molar-refractivity contribution is 5.98. The molecule has 0 bridgehead atoms. The summed E-state index contributed by atoms with van der Waals surface area (Å²) in [4.78, 5) is 12.6. The number of hydrogen-bond acceptors (Lipinski definition) is 4. The zero-order valence-electron chi connectivity index (χ0n) is 13.2. The fourth-order valence-corrected chi connectivity index (χ4v) is 2.38. The van der Waals surface area contributed by atoms with E-state index in [1.165, 1.54) is 0 Å². The summed E-state index contributed by atoms with van der Waals surface area (Å²) >= 11 is 0. The summed E-state index contributed by atoms with van der Waals surface area (Å²) in [5, 5.41) is 12.7. The number of ketones is 1. The van der Waals surface area contributed by atoms with Gasteiger partial charge in [-0.1, -0.05) is 13.8 Å². The van der Waals surface area contributed by atoms with E-state index in [9.17, 15) is 4.79 Å². The second kappa shape index (κ2) is 6.61. The molecule has 0 fully saturated rings. The van der Waals surface area contributed by atoms with Gasteiger partial charge in [0.05, 0.1) is 23.5 Å². The van der Waals surface area contributed by atoms with Crippen molar-refractivity contribution >= 4 is 5.78 Å². The van der Waals surface area contributed by atoms with Crippen LogP contribution in [-0.4, -0.2) is 25.8 Å². The van der Waals surface area contributed by atoms with Crippen LogP contribution in [0.1, 0.15) is 53.9 Å². The zero-order chi connectivity index (χ0) is 15.4. The highest BCUT2D eigenvalue weighted by atomic mass is 16.1. The molecular weight excluding hydrogens is 264 g/mol. The second-order valence-electron chi connectivity index (χ2n) is 5.10. The van der Waals surface area contributed by atoms with Crippen LogP contribution >= 0.6 is 0 Å². The quantitative estimate of drug-likeness (QED) is 0.766. The van der Waals surface area contributed by atoms with Gasteiger partial charge in [0.2, 0.25) is 0 Å². The van der Waals surface area contributed by atoms with Crippen LogP contribution in [0.4, 0.5) is 0 Å². The molecule has 0 saturated heterocycles. The van der Waals surface area contributed by atoms with Gasteiger partial charge in [0.1, 0.15) is 0 Å². The number of carbonyl (C=O) groups is 1. The van der Waals surface area contributed by atoms with Crippen LogP contribution in [0.3, 0.4) is 0 Å². The minimum atomic E-state index is 0.0853. The third-order valence-corrected chi connectivity index (χ3v) is 3.55. The van der Waals surface area contributed by atoms with E-state index in [2.05, 4.69) is 22.2 Å². The summed E-state index contributed by atoms with van der Waals surface area (Å²) in [5.41, 5.74) is 4.22. The van der Waals surface area contributed by atoms with Gasteiger partial charge in [0.15, 0.2) is 5.78 Å². The van der Waals surface area contributed by atoms with E-state index in [1.807, 2.05) is 37.6 Å². The number of carbonyl (C=O) groups excluding carboxylic acids is 1. The van der Waals surface area contributed by atoms with Gasteiger partial charge >= 0.3 is 0 Å². The smallest absolute Gasteiger partial charge is 0.170 e.